The molecule has 0 amide bonds. The summed E-state index contributed by atoms with van der Waals surface area (Å²) in [7, 11) is -4.04. The molecule has 5 rings (SSSR count). The summed E-state index contributed by atoms with van der Waals surface area (Å²) in [5.74, 6) is -0.676. The average molecular weight is 520 g/mol. The molecule has 1 N–H and O–H groups in total. The number of benzene rings is 3. The second kappa shape index (κ2) is 10.7. The van der Waals surface area contributed by atoms with Gasteiger partial charge in [0.2, 0.25) is 0 Å². The lowest BCUT2D eigenvalue weighted by atomic mass is 9.95. The van der Waals surface area contributed by atoms with Crippen molar-refractivity contribution in [1.29, 1.82) is 0 Å². The van der Waals surface area contributed by atoms with E-state index < -0.39 is 20.6 Å². The monoisotopic (exact) mass is 519 g/mol. The van der Waals surface area contributed by atoms with E-state index in [4.69, 9.17) is 4.74 Å². The van der Waals surface area contributed by atoms with Gasteiger partial charge in [-0.1, -0.05) is 54.6 Å². The van der Waals surface area contributed by atoms with Crippen molar-refractivity contribution in [3.8, 4) is 16.9 Å². The van der Waals surface area contributed by atoms with Crippen molar-refractivity contribution in [1.82, 2.24) is 4.90 Å². The fourth-order valence-corrected chi connectivity index (χ4v) is 7.13. The van der Waals surface area contributed by atoms with Gasteiger partial charge in [-0.05, 0) is 79.5 Å². The van der Waals surface area contributed by atoms with Crippen molar-refractivity contribution in [2.45, 2.75) is 54.2 Å². The number of aryl methyl sites for hydroxylation is 1. The van der Waals surface area contributed by atoms with Gasteiger partial charge in [0.15, 0.2) is 14.6 Å². The Morgan fingerprint density at radius 2 is 1.59 bits per heavy atom. The van der Waals surface area contributed by atoms with Crippen LogP contribution >= 0.6 is 0 Å². The molecule has 7 heteroatoms. The highest BCUT2D eigenvalue weighted by atomic mass is 32.2. The maximum absolute atomic E-state index is 13.5. The van der Waals surface area contributed by atoms with E-state index >= 15 is 0 Å². The standard InChI is InChI=1S/C30H33NO5S/c32-29(33)30(17-19-31(20-18-30)26-11-12-26)37(34,35)28-15-13-27(14-16-28)36-21-5-7-23-6-4-10-25(22-23)24-8-2-1-3-9-24/h1-4,6,8-10,13-16,22,26H,5,7,11-12,17-21H2,(H,32,33). The quantitative estimate of drug-likeness (QED) is 0.370. The molecular weight excluding hydrogens is 486 g/mol. The van der Waals surface area contributed by atoms with Crippen LogP contribution in [0.2, 0.25) is 0 Å². The number of likely N-dealkylation sites (tertiary alicyclic amines) is 1. The van der Waals surface area contributed by atoms with E-state index in [2.05, 4.69) is 41.3 Å². The molecule has 0 spiro atoms. The summed E-state index contributed by atoms with van der Waals surface area (Å²) in [4.78, 5) is 14.5. The van der Waals surface area contributed by atoms with Gasteiger partial charge < -0.3 is 14.7 Å². The van der Waals surface area contributed by atoms with Crippen LogP contribution in [0.15, 0.2) is 83.8 Å². The molecular formula is C30H33NO5S. The Morgan fingerprint density at radius 1 is 0.919 bits per heavy atom. The third-order valence-electron chi connectivity index (χ3n) is 7.62. The summed E-state index contributed by atoms with van der Waals surface area (Å²) >= 11 is 0. The number of piperidine rings is 1. The predicted molar refractivity (Wildman–Crippen MR) is 144 cm³/mol. The Bertz CT molecular complexity index is 1330. The van der Waals surface area contributed by atoms with E-state index in [-0.39, 0.29) is 17.7 Å². The van der Waals surface area contributed by atoms with Gasteiger partial charge in [-0.15, -0.1) is 0 Å². The first-order valence-corrected chi connectivity index (χ1v) is 14.5. The highest BCUT2D eigenvalue weighted by molar-refractivity contribution is 7.93. The Kier molecular flexibility index (Phi) is 7.36. The summed E-state index contributed by atoms with van der Waals surface area (Å²) in [6.45, 7) is 1.51. The second-order valence-corrected chi connectivity index (χ2v) is 12.3. The molecule has 1 saturated carbocycles. The minimum absolute atomic E-state index is 0.0415. The van der Waals surface area contributed by atoms with Crippen LogP contribution in [-0.2, 0) is 21.1 Å². The molecule has 0 radical (unpaired) electrons. The number of carboxylic acid groups (broad SMARTS) is 1. The van der Waals surface area contributed by atoms with Gasteiger partial charge in [0, 0.05) is 19.1 Å². The number of rotatable bonds is 10. The number of carbonyl (C=O) groups is 1. The van der Waals surface area contributed by atoms with Crippen molar-refractivity contribution >= 4 is 15.8 Å². The van der Waals surface area contributed by atoms with Crippen LogP contribution in [0.3, 0.4) is 0 Å². The first kappa shape index (κ1) is 25.5. The van der Waals surface area contributed by atoms with E-state index in [1.807, 2.05) is 18.2 Å². The van der Waals surface area contributed by atoms with E-state index in [0.717, 1.165) is 25.7 Å². The fourth-order valence-electron chi connectivity index (χ4n) is 5.23. The Morgan fingerprint density at radius 3 is 2.24 bits per heavy atom. The number of hydrogen-bond acceptors (Lipinski definition) is 5. The van der Waals surface area contributed by atoms with Gasteiger partial charge in [0.25, 0.3) is 0 Å². The molecule has 1 saturated heterocycles. The summed E-state index contributed by atoms with van der Waals surface area (Å²) in [6, 6.07) is 25.5. The summed E-state index contributed by atoms with van der Waals surface area (Å²) < 4.78 is 31.0. The largest absolute Gasteiger partial charge is 0.494 e. The van der Waals surface area contributed by atoms with Crippen LogP contribution in [-0.4, -0.2) is 54.9 Å². The van der Waals surface area contributed by atoms with Crippen LogP contribution in [0.1, 0.15) is 37.7 Å². The minimum atomic E-state index is -4.04. The van der Waals surface area contributed by atoms with Crippen molar-refractivity contribution in [2.75, 3.05) is 19.7 Å². The molecule has 6 nitrogen and oxygen atoms in total. The molecule has 194 valence electrons. The van der Waals surface area contributed by atoms with Crippen molar-refractivity contribution in [2.24, 2.45) is 0 Å². The summed E-state index contributed by atoms with van der Waals surface area (Å²) in [5, 5.41) is 9.98. The Labute approximate surface area is 218 Å². The molecule has 2 aliphatic rings. The van der Waals surface area contributed by atoms with E-state index in [9.17, 15) is 18.3 Å². The van der Waals surface area contributed by atoms with E-state index in [1.165, 1.54) is 28.8 Å². The lowest BCUT2D eigenvalue weighted by molar-refractivity contribution is -0.141. The summed E-state index contributed by atoms with van der Waals surface area (Å²) in [5.41, 5.74) is 3.61. The number of nitrogens with zero attached hydrogens (tertiary/aromatic N) is 1. The maximum Gasteiger partial charge on any atom is 0.325 e. The SMILES string of the molecule is O=C(O)C1(S(=O)(=O)c2ccc(OCCCc3cccc(-c4ccccc4)c3)cc2)CCN(C2CC2)CC1. The molecule has 3 aromatic rings. The molecule has 0 atom stereocenters. The molecule has 1 heterocycles. The average Bonchev–Trinajstić information content (AvgIpc) is 3.78. The van der Waals surface area contributed by atoms with Crippen LogP contribution in [0.25, 0.3) is 11.1 Å². The van der Waals surface area contributed by atoms with Gasteiger partial charge in [-0.25, -0.2) is 8.42 Å². The fraction of sp³-hybridized carbons (Fsp3) is 0.367. The lowest BCUT2D eigenvalue weighted by Gasteiger charge is -2.38. The van der Waals surface area contributed by atoms with Gasteiger partial charge in [-0.3, -0.25) is 4.79 Å². The van der Waals surface area contributed by atoms with Gasteiger partial charge in [-0.2, -0.15) is 0 Å². The maximum atomic E-state index is 13.5. The highest BCUT2D eigenvalue weighted by Crippen LogP contribution is 2.39. The zero-order chi connectivity index (χ0) is 25.9. The number of carboxylic acids is 1. The Hall–Kier alpha value is -3.16. The number of aliphatic carboxylic acids is 1. The smallest absolute Gasteiger partial charge is 0.325 e. The third-order valence-corrected chi connectivity index (χ3v) is 10.1. The molecule has 0 bridgehead atoms. The van der Waals surface area contributed by atoms with Crippen molar-refractivity contribution in [3.05, 3.63) is 84.4 Å². The van der Waals surface area contributed by atoms with Crippen LogP contribution in [0.5, 0.6) is 5.75 Å². The molecule has 1 aliphatic carbocycles. The molecule has 1 aliphatic heterocycles. The van der Waals surface area contributed by atoms with Crippen molar-refractivity contribution < 1.29 is 23.1 Å². The third kappa shape index (κ3) is 5.43. The normalized spacial score (nSPS) is 17.8. The van der Waals surface area contributed by atoms with E-state index in [1.54, 1.807) is 12.1 Å². The first-order chi connectivity index (χ1) is 17.9. The predicted octanol–water partition coefficient (Wildman–Crippen LogP) is 5.22. The van der Waals surface area contributed by atoms with Crippen LogP contribution in [0.4, 0.5) is 0 Å². The van der Waals surface area contributed by atoms with Crippen LogP contribution in [0, 0.1) is 0 Å². The van der Waals surface area contributed by atoms with Gasteiger partial charge in [0.05, 0.1) is 11.5 Å². The second-order valence-electron chi connectivity index (χ2n) is 10.1. The Balaban J connectivity index is 1.17. The molecule has 2 fully saturated rings. The number of ether oxygens (including phenoxy) is 1. The van der Waals surface area contributed by atoms with E-state index in [0.29, 0.717) is 31.5 Å². The first-order valence-electron chi connectivity index (χ1n) is 13.0. The highest BCUT2D eigenvalue weighted by Gasteiger charge is 2.54. The van der Waals surface area contributed by atoms with Crippen LogP contribution < -0.4 is 4.74 Å². The molecule has 0 aromatic heterocycles. The van der Waals surface area contributed by atoms with Gasteiger partial charge >= 0.3 is 5.97 Å². The minimum Gasteiger partial charge on any atom is -0.494 e. The molecule has 3 aromatic carbocycles. The topological polar surface area (TPSA) is 83.9 Å². The lowest BCUT2D eigenvalue weighted by Crippen LogP contribution is -2.54. The molecule has 37 heavy (non-hydrogen) atoms. The zero-order valence-electron chi connectivity index (χ0n) is 20.9. The summed E-state index contributed by atoms with van der Waals surface area (Å²) in [6.07, 6.45) is 4.16. The zero-order valence-corrected chi connectivity index (χ0v) is 21.7. The molecule has 0 unspecified atom stereocenters. The number of hydrogen-bond donors (Lipinski definition) is 1. The van der Waals surface area contributed by atoms with Crippen molar-refractivity contribution in [3.63, 3.8) is 0 Å². The number of sulfone groups is 1. The van der Waals surface area contributed by atoms with Gasteiger partial charge in [0.1, 0.15) is 5.75 Å².